The number of anilines is 4. The molecular weight excluding hydrogens is 488 g/mol. The van der Waals surface area contributed by atoms with Gasteiger partial charge in [0.2, 0.25) is 0 Å². The van der Waals surface area contributed by atoms with Gasteiger partial charge in [-0.15, -0.1) is 0 Å². The first kappa shape index (κ1) is 23.8. The highest BCUT2D eigenvalue weighted by molar-refractivity contribution is 7.99. The minimum Gasteiger partial charge on any atom is -0.398 e. The summed E-state index contributed by atoms with van der Waals surface area (Å²) >= 11 is 2.76. The molecule has 8 heteroatoms. The van der Waals surface area contributed by atoms with Crippen molar-refractivity contribution in [1.29, 1.82) is 0 Å². The lowest BCUT2D eigenvalue weighted by atomic mass is 9.81. The van der Waals surface area contributed by atoms with Gasteiger partial charge in [0.1, 0.15) is 0 Å². The molecule has 0 amide bonds. The zero-order valence-electron chi connectivity index (χ0n) is 19.7. The standard InChI is InChI=1S/C28H24N4O2S2/c1-13-3-7-15(8-4-13)35-19-11-17(29)21-23(25(19)31)27(33)22-18(30)12-20(26(32)24(22)28(21)34)36-16-9-5-14(2)6-10-16/h3-12H,29-32H2,1-2H3. The third kappa shape index (κ3) is 3.98. The molecule has 0 radical (unpaired) electrons. The van der Waals surface area contributed by atoms with Crippen molar-refractivity contribution in [2.75, 3.05) is 22.9 Å². The van der Waals surface area contributed by atoms with Gasteiger partial charge in [0.05, 0.1) is 33.6 Å². The van der Waals surface area contributed by atoms with Crippen LogP contribution in [0.3, 0.4) is 0 Å². The fourth-order valence-electron chi connectivity index (χ4n) is 4.23. The van der Waals surface area contributed by atoms with Crippen molar-refractivity contribution in [3.05, 3.63) is 94.0 Å². The lowest BCUT2D eigenvalue weighted by Crippen LogP contribution is -2.27. The Kier molecular flexibility index (Phi) is 5.94. The smallest absolute Gasteiger partial charge is 0.198 e. The Hall–Kier alpha value is -3.88. The van der Waals surface area contributed by atoms with Gasteiger partial charge in [-0.3, -0.25) is 9.59 Å². The molecule has 0 fully saturated rings. The third-order valence-electron chi connectivity index (χ3n) is 6.13. The van der Waals surface area contributed by atoms with Crippen molar-refractivity contribution in [1.82, 2.24) is 0 Å². The summed E-state index contributed by atoms with van der Waals surface area (Å²) in [5.41, 5.74) is 28.9. The highest BCUT2D eigenvalue weighted by Crippen LogP contribution is 2.46. The first-order valence-electron chi connectivity index (χ1n) is 11.2. The van der Waals surface area contributed by atoms with E-state index in [1.807, 2.05) is 62.4 Å². The average Bonchev–Trinajstić information content (AvgIpc) is 2.84. The third-order valence-corrected chi connectivity index (χ3v) is 8.26. The number of hydrogen-bond donors (Lipinski definition) is 4. The predicted octanol–water partition coefficient (Wildman–Crippen LogP) is 5.71. The van der Waals surface area contributed by atoms with Crippen molar-refractivity contribution >= 4 is 57.8 Å². The van der Waals surface area contributed by atoms with Gasteiger partial charge in [-0.2, -0.15) is 0 Å². The van der Waals surface area contributed by atoms with E-state index in [2.05, 4.69) is 0 Å². The van der Waals surface area contributed by atoms with E-state index in [9.17, 15) is 9.59 Å². The maximum absolute atomic E-state index is 13.7. The second-order valence-corrected chi connectivity index (χ2v) is 11.0. The molecule has 5 rings (SSSR count). The number of carbonyl (C=O) groups excluding carboxylic acids is 2. The molecule has 6 nitrogen and oxygen atoms in total. The van der Waals surface area contributed by atoms with Gasteiger partial charge in [0.25, 0.3) is 0 Å². The second kappa shape index (κ2) is 8.96. The summed E-state index contributed by atoms with van der Waals surface area (Å²) in [7, 11) is 0. The predicted molar refractivity (Wildman–Crippen MR) is 148 cm³/mol. The Bertz CT molecular complexity index is 1440. The monoisotopic (exact) mass is 512 g/mol. The minimum atomic E-state index is -0.453. The summed E-state index contributed by atoms with van der Waals surface area (Å²) in [6.07, 6.45) is 0. The van der Waals surface area contributed by atoms with E-state index in [0.717, 1.165) is 20.9 Å². The molecule has 0 aromatic heterocycles. The second-order valence-electron chi connectivity index (χ2n) is 8.74. The summed E-state index contributed by atoms with van der Waals surface area (Å²) < 4.78 is 0. The number of nitrogens with two attached hydrogens (primary N) is 4. The van der Waals surface area contributed by atoms with Crippen molar-refractivity contribution in [3.8, 4) is 0 Å². The van der Waals surface area contributed by atoms with E-state index in [0.29, 0.717) is 9.79 Å². The van der Waals surface area contributed by atoms with Gasteiger partial charge in [0, 0.05) is 31.0 Å². The molecule has 0 atom stereocenters. The molecule has 4 aromatic carbocycles. The van der Waals surface area contributed by atoms with Crippen LogP contribution in [0.1, 0.15) is 43.0 Å². The molecule has 4 aromatic rings. The molecule has 0 saturated carbocycles. The molecule has 0 bridgehead atoms. The summed E-state index contributed by atoms with van der Waals surface area (Å²) in [4.78, 5) is 30.5. The first-order valence-corrected chi connectivity index (χ1v) is 12.8. The van der Waals surface area contributed by atoms with Crippen LogP contribution in [-0.2, 0) is 0 Å². The maximum Gasteiger partial charge on any atom is 0.198 e. The largest absolute Gasteiger partial charge is 0.398 e. The summed E-state index contributed by atoms with van der Waals surface area (Å²) in [6, 6.07) is 19.1. The van der Waals surface area contributed by atoms with Crippen LogP contribution in [0.2, 0.25) is 0 Å². The van der Waals surface area contributed by atoms with Gasteiger partial charge in [0.15, 0.2) is 11.6 Å². The number of carbonyl (C=O) groups is 2. The Morgan fingerprint density at radius 1 is 0.528 bits per heavy atom. The van der Waals surface area contributed by atoms with Gasteiger partial charge in [-0.25, -0.2) is 0 Å². The first-order chi connectivity index (χ1) is 17.2. The number of fused-ring (bicyclic) bond motifs is 2. The van der Waals surface area contributed by atoms with Gasteiger partial charge in [-0.05, 0) is 50.2 Å². The van der Waals surface area contributed by atoms with Crippen LogP contribution in [0.4, 0.5) is 22.7 Å². The lowest BCUT2D eigenvalue weighted by Gasteiger charge is -2.25. The van der Waals surface area contributed by atoms with Crippen LogP contribution < -0.4 is 22.9 Å². The van der Waals surface area contributed by atoms with E-state index in [1.165, 1.54) is 23.5 Å². The summed E-state index contributed by atoms with van der Waals surface area (Å²) in [5, 5.41) is 0. The van der Waals surface area contributed by atoms with Crippen LogP contribution in [0.25, 0.3) is 0 Å². The Morgan fingerprint density at radius 2 is 0.861 bits per heavy atom. The van der Waals surface area contributed by atoms with Crippen molar-refractivity contribution in [2.45, 2.75) is 33.4 Å². The van der Waals surface area contributed by atoms with Gasteiger partial charge in [-0.1, -0.05) is 58.9 Å². The van der Waals surface area contributed by atoms with Gasteiger partial charge >= 0.3 is 0 Å². The van der Waals surface area contributed by atoms with Crippen molar-refractivity contribution in [2.24, 2.45) is 0 Å². The summed E-state index contributed by atoms with van der Waals surface area (Å²) in [5.74, 6) is -0.905. The van der Waals surface area contributed by atoms with Crippen LogP contribution >= 0.6 is 23.5 Å². The van der Waals surface area contributed by atoms with E-state index in [1.54, 1.807) is 12.1 Å². The molecule has 0 heterocycles. The SMILES string of the molecule is Cc1ccc(Sc2cc(N)c3c(c2N)C(=O)c2c(N)cc(Sc4ccc(C)cc4)c(N)c2C3=O)cc1. The Balaban J connectivity index is 1.61. The van der Waals surface area contributed by atoms with E-state index < -0.39 is 11.6 Å². The Labute approximate surface area is 217 Å². The molecule has 0 saturated heterocycles. The lowest BCUT2D eigenvalue weighted by molar-refractivity contribution is 0.0981. The number of hydrogen-bond acceptors (Lipinski definition) is 8. The normalized spacial score (nSPS) is 12.4. The topological polar surface area (TPSA) is 138 Å². The van der Waals surface area contributed by atoms with Crippen LogP contribution in [0, 0.1) is 13.8 Å². The molecule has 0 unspecified atom stereocenters. The fourth-order valence-corrected chi connectivity index (χ4v) is 6.08. The molecule has 0 spiro atoms. The highest BCUT2D eigenvalue weighted by Gasteiger charge is 2.38. The van der Waals surface area contributed by atoms with Gasteiger partial charge < -0.3 is 22.9 Å². The van der Waals surface area contributed by atoms with Crippen molar-refractivity contribution < 1.29 is 9.59 Å². The quantitative estimate of drug-likeness (QED) is 0.225. The average molecular weight is 513 g/mol. The van der Waals surface area contributed by atoms with E-state index in [-0.39, 0.29) is 45.0 Å². The molecule has 1 aliphatic rings. The number of nitrogen functional groups attached to an aromatic ring is 4. The van der Waals surface area contributed by atoms with Crippen LogP contribution in [0.15, 0.2) is 80.2 Å². The molecule has 36 heavy (non-hydrogen) atoms. The number of aryl methyl sites for hydroxylation is 2. The summed E-state index contributed by atoms with van der Waals surface area (Å²) in [6.45, 7) is 4.00. The van der Waals surface area contributed by atoms with Crippen LogP contribution in [0.5, 0.6) is 0 Å². The van der Waals surface area contributed by atoms with Crippen LogP contribution in [-0.4, -0.2) is 11.6 Å². The Morgan fingerprint density at radius 3 is 1.19 bits per heavy atom. The van der Waals surface area contributed by atoms with E-state index >= 15 is 0 Å². The minimum absolute atomic E-state index is 0.0712. The molecule has 8 N–H and O–H groups in total. The highest BCUT2D eigenvalue weighted by atomic mass is 32.2. The van der Waals surface area contributed by atoms with Crippen molar-refractivity contribution in [3.63, 3.8) is 0 Å². The number of rotatable bonds is 4. The fraction of sp³-hybridized carbons (Fsp3) is 0.0714. The zero-order valence-corrected chi connectivity index (χ0v) is 21.3. The molecule has 180 valence electrons. The number of benzene rings is 4. The molecular formula is C28H24N4O2S2. The molecule has 0 aliphatic heterocycles. The van der Waals surface area contributed by atoms with E-state index in [4.69, 9.17) is 22.9 Å². The zero-order chi connectivity index (χ0) is 25.7. The molecule has 1 aliphatic carbocycles. The number of ketones is 2. The maximum atomic E-state index is 13.7.